The number of nitrogens with zero attached hydrogens (tertiary/aromatic N) is 1. The predicted octanol–water partition coefficient (Wildman–Crippen LogP) is 1.44. The Bertz CT molecular complexity index is 725. The predicted molar refractivity (Wildman–Crippen MR) is 107 cm³/mol. The highest BCUT2D eigenvalue weighted by Gasteiger charge is 2.42. The molecule has 1 saturated heterocycles. The first kappa shape index (κ1) is 23.1. The smallest absolute Gasteiger partial charge is 0.247 e. The molecule has 0 bridgehead atoms. The van der Waals surface area contributed by atoms with Crippen LogP contribution in [-0.2, 0) is 14.4 Å². The van der Waals surface area contributed by atoms with Crippen LogP contribution >= 0.6 is 11.6 Å². The number of carbonyl (C=O) groups is 3. The van der Waals surface area contributed by atoms with Crippen LogP contribution in [0.1, 0.15) is 44.6 Å². The summed E-state index contributed by atoms with van der Waals surface area (Å²) in [6.07, 6.45) is 0.796. The third kappa shape index (κ3) is 5.68. The van der Waals surface area contributed by atoms with E-state index in [-0.39, 0.29) is 18.4 Å². The maximum absolute atomic E-state index is 13.5. The van der Waals surface area contributed by atoms with E-state index in [1.54, 1.807) is 43.6 Å². The molecule has 8 nitrogen and oxygen atoms in total. The molecule has 0 saturated carbocycles. The Morgan fingerprint density at radius 3 is 2.48 bits per heavy atom. The molecule has 160 valence electrons. The molecule has 4 N–H and O–H groups in total. The van der Waals surface area contributed by atoms with E-state index >= 15 is 0 Å². The number of nitrogens with one attached hydrogen (secondary N) is 2. The summed E-state index contributed by atoms with van der Waals surface area (Å²) < 4.78 is 0. The van der Waals surface area contributed by atoms with Gasteiger partial charge in [-0.3, -0.25) is 19.6 Å². The third-order valence-electron chi connectivity index (χ3n) is 5.19. The molecule has 1 aromatic rings. The molecule has 0 unspecified atom stereocenters. The number of likely N-dealkylation sites (tertiary alicyclic amines) is 1. The molecule has 0 spiro atoms. The molecule has 1 aliphatic heterocycles. The second-order valence-electron chi connectivity index (χ2n) is 7.30. The molecular formula is C20H28ClN3O5. The molecule has 0 radical (unpaired) electrons. The van der Waals surface area contributed by atoms with Crippen molar-refractivity contribution in [3.8, 4) is 0 Å². The average molecular weight is 426 g/mol. The molecule has 2 rings (SSSR count). The van der Waals surface area contributed by atoms with E-state index in [2.05, 4.69) is 5.32 Å². The minimum absolute atomic E-state index is 0.0997. The first-order chi connectivity index (χ1) is 13.8. The van der Waals surface area contributed by atoms with Gasteiger partial charge in [0.2, 0.25) is 17.7 Å². The van der Waals surface area contributed by atoms with Crippen molar-refractivity contribution in [3.63, 3.8) is 0 Å². The minimum Gasteiger partial charge on any atom is -0.392 e. The van der Waals surface area contributed by atoms with E-state index < -0.39 is 29.9 Å². The Labute approximate surface area is 175 Å². The monoisotopic (exact) mass is 425 g/mol. The lowest BCUT2D eigenvalue weighted by molar-refractivity contribution is -0.144. The number of benzene rings is 1. The Kier molecular flexibility index (Phi) is 8.43. The van der Waals surface area contributed by atoms with E-state index in [4.69, 9.17) is 16.8 Å². The number of carbonyl (C=O) groups excluding carboxylic acids is 3. The lowest BCUT2D eigenvalue weighted by Gasteiger charge is -2.31. The van der Waals surface area contributed by atoms with Crippen LogP contribution in [0, 0.1) is 5.92 Å². The van der Waals surface area contributed by atoms with Crippen LogP contribution in [0.5, 0.6) is 0 Å². The number of amides is 3. The summed E-state index contributed by atoms with van der Waals surface area (Å²) in [6.45, 7) is 3.82. The molecule has 1 fully saturated rings. The highest BCUT2D eigenvalue weighted by molar-refractivity contribution is 6.30. The fraction of sp³-hybridized carbons (Fsp3) is 0.550. The van der Waals surface area contributed by atoms with Gasteiger partial charge >= 0.3 is 0 Å². The third-order valence-corrected chi connectivity index (χ3v) is 5.45. The van der Waals surface area contributed by atoms with E-state index in [1.807, 2.05) is 0 Å². The molecule has 1 aromatic carbocycles. The molecule has 3 amide bonds. The lowest BCUT2D eigenvalue weighted by atomic mass is 9.82. The zero-order chi connectivity index (χ0) is 21.6. The zero-order valence-electron chi connectivity index (χ0n) is 16.6. The second kappa shape index (κ2) is 10.6. The Hall–Kier alpha value is -2.16. The van der Waals surface area contributed by atoms with Crippen LogP contribution < -0.4 is 10.8 Å². The highest BCUT2D eigenvalue weighted by Crippen LogP contribution is 2.33. The molecule has 0 aromatic heterocycles. The topological polar surface area (TPSA) is 119 Å². The van der Waals surface area contributed by atoms with Gasteiger partial charge in [0, 0.05) is 18.1 Å². The number of aliphatic hydroxyl groups excluding tert-OH is 1. The molecule has 4 atom stereocenters. The van der Waals surface area contributed by atoms with Gasteiger partial charge in [-0.15, -0.1) is 0 Å². The van der Waals surface area contributed by atoms with Gasteiger partial charge in [-0.05, 0) is 43.9 Å². The first-order valence-corrected chi connectivity index (χ1v) is 10.1. The number of halogens is 1. The van der Waals surface area contributed by atoms with E-state index in [1.165, 1.54) is 4.90 Å². The van der Waals surface area contributed by atoms with Gasteiger partial charge in [0.15, 0.2) is 0 Å². The summed E-state index contributed by atoms with van der Waals surface area (Å²) in [6, 6.07) is 5.97. The zero-order valence-corrected chi connectivity index (χ0v) is 17.4. The van der Waals surface area contributed by atoms with Gasteiger partial charge in [-0.25, -0.2) is 5.48 Å². The number of aliphatic hydroxyl groups is 1. The summed E-state index contributed by atoms with van der Waals surface area (Å²) in [5, 5.41) is 21.7. The fourth-order valence-corrected chi connectivity index (χ4v) is 3.85. The van der Waals surface area contributed by atoms with Crippen molar-refractivity contribution < 1.29 is 24.7 Å². The molecule has 1 aliphatic rings. The van der Waals surface area contributed by atoms with Gasteiger partial charge in [-0.2, -0.15) is 0 Å². The van der Waals surface area contributed by atoms with Gasteiger partial charge in [-0.1, -0.05) is 30.7 Å². The summed E-state index contributed by atoms with van der Waals surface area (Å²) >= 11 is 5.96. The standard InChI is InChI=1S/C20H28ClN3O5/c1-3-15(18(26)23-29)17(13-6-8-14(21)9-7-13)20(28)24-10-4-5-16(24)19(27)22-11-12(2)25/h6-9,12,15-17,25,29H,3-5,10-11H2,1-2H3,(H,22,27)(H,23,26)/t12-,15-,16-,17+/m0/s1. The summed E-state index contributed by atoms with van der Waals surface area (Å²) in [7, 11) is 0. The van der Waals surface area contributed by atoms with Gasteiger partial charge in [0.05, 0.1) is 17.9 Å². The van der Waals surface area contributed by atoms with Gasteiger partial charge in [0.1, 0.15) is 6.04 Å². The van der Waals surface area contributed by atoms with Crippen molar-refractivity contribution in [1.82, 2.24) is 15.7 Å². The van der Waals surface area contributed by atoms with Crippen molar-refractivity contribution in [2.75, 3.05) is 13.1 Å². The Balaban J connectivity index is 2.33. The molecule has 0 aliphatic carbocycles. The van der Waals surface area contributed by atoms with E-state index in [9.17, 15) is 19.5 Å². The largest absolute Gasteiger partial charge is 0.392 e. The highest BCUT2D eigenvalue weighted by atomic mass is 35.5. The SMILES string of the molecule is CC[C@H](C(=O)NO)[C@H](C(=O)N1CCC[C@H]1C(=O)NC[C@H](C)O)c1ccc(Cl)cc1. The number of rotatable bonds is 8. The van der Waals surface area contributed by atoms with Crippen LogP contribution in [0.4, 0.5) is 0 Å². The minimum atomic E-state index is -0.866. The van der Waals surface area contributed by atoms with Crippen LogP contribution in [0.3, 0.4) is 0 Å². The van der Waals surface area contributed by atoms with Crippen LogP contribution in [0.15, 0.2) is 24.3 Å². The fourth-order valence-electron chi connectivity index (χ4n) is 3.72. The van der Waals surface area contributed by atoms with E-state index in [0.717, 1.165) is 0 Å². The maximum Gasteiger partial charge on any atom is 0.247 e. The van der Waals surface area contributed by atoms with Crippen LogP contribution in [0.2, 0.25) is 5.02 Å². The summed E-state index contributed by atoms with van der Waals surface area (Å²) in [5.74, 6) is -3.01. The quantitative estimate of drug-likeness (QED) is 0.371. The molecule has 1 heterocycles. The second-order valence-corrected chi connectivity index (χ2v) is 7.74. The number of hydrogen-bond acceptors (Lipinski definition) is 5. The van der Waals surface area contributed by atoms with Gasteiger partial charge in [0.25, 0.3) is 0 Å². The molecular weight excluding hydrogens is 398 g/mol. The Morgan fingerprint density at radius 1 is 1.28 bits per heavy atom. The normalized spacial score (nSPS) is 19.3. The lowest BCUT2D eigenvalue weighted by Crippen LogP contribution is -2.50. The van der Waals surface area contributed by atoms with Gasteiger partial charge < -0.3 is 15.3 Å². The van der Waals surface area contributed by atoms with Crippen molar-refractivity contribution in [2.24, 2.45) is 5.92 Å². The van der Waals surface area contributed by atoms with E-state index in [0.29, 0.717) is 36.4 Å². The van der Waals surface area contributed by atoms with Crippen molar-refractivity contribution in [3.05, 3.63) is 34.9 Å². The van der Waals surface area contributed by atoms with Crippen molar-refractivity contribution >= 4 is 29.3 Å². The first-order valence-electron chi connectivity index (χ1n) is 9.75. The summed E-state index contributed by atoms with van der Waals surface area (Å²) in [4.78, 5) is 39.8. The molecule has 29 heavy (non-hydrogen) atoms. The summed E-state index contributed by atoms with van der Waals surface area (Å²) in [5.41, 5.74) is 2.23. The van der Waals surface area contributed by atoms with Crippen LogP contribution in [-0.4, -0.2) is 58.2 Å². The number of hydroxylamine groups is 1. The molecule has 9 heteroatoms. The van der Waals surface area contributed by atoms with Crippen molar-refractivity contribution in [2.45, 2.75) is 51.2 Å². The maximum atomic E-state index is 13.5. The van der Waals surface area contributed by atoms with Crippen LogP contribution in [0.25, 0.3) is 0 Å². The Morgan fingerprint density at radius 2 is 1.93 bits per heavy atom. The number of hydrogen-bond donors (Lipinski definition) is 4. The average Bonchev–Trinajstić information content (AvgIpc) is 3.20. The van der Waals surface area contributed by atoms with Crippen molar-refractivity contribution in [1.29, 1.82) is 0 Å².